The third-order valence-electron chi connectivity index (χ3n) is 2.10. The minimum absolute atomic E-state index is 0.543. The van der Waals surface area contributed by atoms with Crippen LogP contribution in [0.4, 0.5) is 4.79 Å². The lowest BCUT2D eigenvalue weighted by molar-refractivity contribution is -0.113. The number of alkyl carbamates (subject to hydrolysis) is 1. The quantitative estimate of drug-likeness (QED) is 0.737. The number of hydrogen-bond donors (Lipinski definition) is 1. The molecule has 0 aromatic carbocycles. The summed E-state index contributed by atoms with van der Waals surface area (Å²) in [6.45, 7) is 9.11. The highest BCUT2D eigenvalue weighted by Gasteiger charge is 2.27. The number of carbonyl (C=O) groups excluding carboxylic acids is 2. The summed E-state index contributed by atoms with van der Waals surface area (Å²) in [5, 5.41) is 2.61. The van der Waals surface area contributed by atoms with Crippen molar-refractivity contribution in [3.05, 3.63) is 0 Å². The summed E-state index contributed by atoms with van der Waals surface area (Å²) in [5.74, 6) is 0. The van der Waals surface area contributed by atoms with Crippen molar-refractivity contribution in [3.63, 3.8) is 0 Å². The molecule has 0 aromatic rings. The molecule has 94 valence electrons. The molecule has 0 fully saturated rings. The zero-order chi connectivity index (χ0) is 12.8. The Morgan fingerprint density at radius 1 is 1.31 bits per heavy atom. The standard InChI is InChI=1S/C12H23NO3/c1-6-7-8-12(5,9-14)13-10(15)16-11(2,3)4/h9H,6-8H2,1-5H3,(H,13,15)/t12-/m0/s1. The molecule has 16 heavy (non-hydrogen) atoms. The summed E-state index contributed by atoms with van der Waals surface area (Å²) < 4.78 is 5.11. The Morgan fingerprint density at radius 3 is 2.25 bits per heavy atom. The van der Waals surface area contributed by atoms with Gasteiger partial charge in [-0.05, 0) is 34.1 Å². The first-order valence-electron chi connectivity index (χ1n) is 5.70. The monoisotopic (exact) mass is 229 g/mol. The third kappa shape index (κ3) is 6.43. The molecule has 0 bridgehead atoms. The second kappa shape index (κ2) is 5.87. The topological polar surface area (TPSA) is 55.4 Å². The number of aldehydes is 1. The van der Waals surface area contributed by atoms with Gasteiger partial charge >= 0.3 is 6.09 Å². The molecule has 0 saturated carbocycles. The summed E-state index contributed by atoms with van der Waals surface area (Å²) in [6, 6.07) is 0. The molecule has 0 rings (SSSR count). The molecular formula is C12H23NO3. The van der Waals surface area contributed by atoms with E-state index in [1.165, 1.54) is 0 Å². The van der Waals surface area contributed by atoms with Crippen molar-refractivity contribution in [1.29, 1.82) is 0 Å². The number of unbranched alkanes of at least 4 members (excludes halogenated alkanes) is 1. The number of hydrogen-bond acceptors (Lipinski definition) is 3. The Balaban J connectivity index is 4.31. The second-order valence-electron chi connectivity index (χ2n) is 5.27. The average molecular weight is 229 g/mol. The van der Waals surface area contributed by atoms with E-state index in [-0.39, 0.29) is 0 Å². The second-order valence-corrected chi connectivity index (χ2v) is 5.27. The zero-order valence-corrected chi connectivity index (χ0v) is 10.9. The molecule has 0 spiro atoms. The number of amides is 1. The van der Waals surface area contributed by atoms with Gasteiger partial charge in [-0.2, -0.15) is 0 Å². The molecule has 0 radical (unpaired) electrons. The molecule has 0 aliphatic heterocycles. The molecular weight excluding hydrogens is 206 g/mol. The Kier molecular flexibility index (Phi) is 5.48. The lowest BCUT2D eigenvalue weighted by Crippen LogP contribution is -2.49. The largest absolute Gasteiger partial charge is 0.444 e. The molecule has 4 heteroatoms. The van der Waals surface area contributed by atoms with Crippen LogP contribution < -0.4 is 5.32 Å². The maximum Gasteiger partial charge on any atom is 0.408 e. The highest BCUT2D eigenvalue weighted by atomic mass is 16.6. The third-order valence-corrected chi connectivity index (χ3v) is 2.10. The maximum absolute atomic E-state index is 11.5. The van der Waals surface area contributed by atoms with Crippen LogP contribution in [0.1, 0.15) is 53.9 Å². The highest BCUT2D eigenvalue weighted by molar-refractivity contribution is 5.76. The van der Waals surface area contributed by atoms with Crippen LogP contribution in [-0.4, -0.2) is 23.5 Å². The molecule has 0 unspecified atom stereocenters. The molecule has 0 aliphatic rings. The van der Waals surface area contributed by atoms with E-state index in [1.807, 2.05) is 6.92 Å². The van der Waals surface area contributed by atoms with Crippen LogP contribution in [0.5, 0.6) is 0 Å². The van der Waals surface area contributed by atoms with Crippen molar-refractivity contribution >= 4 is 12.4 Å². The Morgan fingerprint density at radius 2 is 1.88 bits per heavy atom. The number of ether oxygens (including phenoxy) is 1. The lowest BCUT2D eigenvalue weighted by atomic mass is 9.97. The Labute approximate surface area is 97.7 Å². The lowest BCUT2D eigenvalue weighted by Gasteiger charge is -2.27. The predicted molar refractivity (Wildman–Crippen MR) is 63.4 cm³/mol. The van der Waals surface area contributed by atoms with Gasteiger partial charge in [0.2, 0.25) is 0 Å². The first kappa shape index (κ1) is 14.9. The van der Waals surface area contributed by atoms with Crippen LogP contribution in [0.3, 0.4) is 0 Å². The van der Waals surface area contributed by atoms with Crippen LogP contribution in [-0.2, 0) is 9.53 Å². The summed E-state index contributed by atoms with van der Waals surface area (Å²) in [4.78, 5) is 22.5. The van der Waals surface area contributed by atoms with Crippen molar-refractivity contribution < 1.29 is 14.3 Å². The average Bonchev–Trinajstić information content (AvgIpc) is 2.11. The van der Waals surface area contributed by atoms with Crippen molar-refractivity contribution in [2.45, 2.75) is 65.0 Å². The minimum atomic E-state index is -0.821. The van der Waals surface area contributed by atoms with Gasteiger partial charge in [-0.3, -0.25) is 0 Å². The molecule has 0 aliphatic carbocycles. The van der Waals surface area contributed by atoms with Crippen LogP contribution in [0.2, 0.25) is 0 Å². The van der Waals surface area contributed by atoms with Crippen molar-refractivity contribution in [2.24, 2.45) is 0 Å². The molecule has 0 aromatic heterocycles. The van der Waals surface area contributed by atoms with E-state index in [0.717, 1.165) is 19.1 Å². The summed E-state index contributed by atoms with van der Waals surface area (Å²) >= 11 is 0. The maximum atomic E-state index is 11.5. The zero-order valence-electron chi connectivity index (χ0n) is 10.9. The molecule has 4 nitrogen and oxygen atoms in total. The van der Waals surface area contributed by atoms with Gasteiger partial charge in [-0.15, -0.1) is 0 Å². The fourth-order valence-electron chi connectivity index (χ4n) is 1.23. The predicted octanol–water partition coefficient (Wildman–Crippen LogP) is 2.66. The van der Waals surface area contributed by atoms with Crippen molar-refractivity contribution in [3.8, 4) is 0 Å². The summed E-state index contributed by atoms with van der Waals surface area (Å²) in [7, 11) is 0. The van der Waals surface area contributed by atoms with Gasteiger partial charge in [0.1, 0.15) is 11.9 Å². The molecule has 0 saturated heterocycles. The van der Waals surface area contributed by atoms with E-state index in [1.54, 1.807) is 27.7 Å². The SMILES string of the molecule is CCCC[C@@](C)(C=O)NC(=O)OC(C)(C)C. The van der Waals surface area contributed by atoms with E-state index in [4.69, 9.17) is 4.74 Å². The summed E-state index contributed by atoms with van der Waals surface area (Å²) in [6.07, 6.45) is 2.74. The minimum Gasteiger partial charge on any atom is -0.444 e. The van der Waals surface area contributed by atoms with Crippen LogP contribution in [0.25, 0.3) is 0 Å². The van der Waals surface area contributed by atoms with E-state index in [2.05, 4.69) is 5.32 Å². The van der Waals surface area contributed by atoms with Gasteiger partial charge in [0.15, 0.2) is 0 Å². The molecule has 1 N–H and O–H groups in total. The summed E-state index contributed by atoms with van der Waals surface area (Å²) in [5.41, 5.74) is -1.36. The number of carbonyl (C=O) groups is 2. The Bertz CT molecular complexity index is 245. The van der Waals surface area contributed by atoms with Crippen LogP contribution in [0, 0.1) is 0 Å². The van der Waals surface area contributed by atoms with Crippen molar-refractivity contribution in [1.82, 2.24) is 5.32 Å². The van der Waals surface area contributed by atoms with Gasteiger partial charge < -0.3 is 14.8 Å². The van der Waals surface area contributed by atoms with Gasteiger partial charge in [0, 0.05) is 0 Å². The van der Waals surface area contributed by atoms with E-state index < -0.39 is 17.2 Å². The van der Waals surface area contributed by atoms with Gasteiger partial charge in [-0.1, -0.05) is 19.8 Å². The smallest absolute Gasteiger partial charge is 0.408 e. The van der Waals surface area contributed by atoms with E-state index >= 15 is 0 Å². The van der Waals surface area contributed by atoms with Gasteiger partial charge in [0.05, 0.1) is 5.54 Å². The molecule has 1 amide bonds. The number of rotatable bonds is 5. The first-order chi connectivity index (χ1) is 7.22. The fourth-order valence-corrected chi connectivity index (χ4v) is 1.23. The van der Waals surface area contributed by atoms with Gasteiger partial charge in [-0.25, -0.2) is 4.79 Å². The van der Waals surface area contributed by atoms with E-state index in [0.29, 0.717) is 6.42 Å². The molecule has 1 atom stereocenters. The fraction of sp³-hybridized carbons (Fsp3) is 0.833. The van der Waals surface area contributed by atoms with Gasteiger partial charge in [0.25, 0.3) is 0 Å². The van der Waals surface area contributed by atoms with Crippen LogP contribution in [0.15, 0.2) is 0 Å². The number of nitrogens with one attached hydrogen (secondary N) is 1. The highest BCUT2D eigenvalue weighted by Crippen LogP contribution is 2.13. The first-order valence-corrected chi connectivity index (χ1v) is 5.70. The Hall–Kier alpha value is -1.06. The van der Waals surface area contributed by atoms with Crippen LogP contribution >= 0.6 is 0 Å². The van der Waals surface area contributed by atoms with E-state index in [9.17, 15) is 9.59 Å². The normalized spacial score (nSPS) is 15.1. The van der Waals surface area contributed by atoms with Crippen molar-refractivity contribution in [2.75, 3.05) is 0 Å². The molecule has 0 heterocycles.